The fourth-order valence-corrected chi connectivity index (χ4v) is 4.17. The second kappa shape index (κ2) is 7.97. The predicted octanol–water partition coefficient (Wildman–Crippen LogP) is 3.81. The van der Waals surface area contributed by atoms with Crippen LogP contribution in [0.5, 0.6) is 0 Å². The molecule has 2 aromatic carbocycles. The zero-order chi connectivity index (χ0) is 22.2. The molecule has 0 saturated heterocycles. The minimum atomic E-state index is -3.89. The van der Waals surface area contributed by atoms with E-state index in [9.17, 15) is 17.6 Å². The van der Waals surface area contributed by atoms with Gasteiger partial charge in [0.25, 0.3) is 15.9 Å². The molecule has 31 heavy (non-hydrogen) atoms. The van der Waals surface area contributed by atoms with Gasteiger partial charge in [-0.25, -0.2) is 27.5 Å². The number of anilines is 2. The number of sulfonamides is 1. The number of nitrogens with zero attached hydrogens (tertiary/aromatic N) is 3. The van der Waals surface area contributed by atoms with Gasteiger partial charge in [-0.2, -0.15) is 0 Å². The quantitative estimate of drug-likeness (QED) is 0.472. The van der Waals surface area contributed by atoms with Crippen molar-refractivity contribution in [1.29, 1.82) is 0 Å². The topological polar surface area (TPSA) is 106 Å². The Morgan fingerprint density at radius 3 is 2.45 bits per heavy atom. The molecule has 0 saturated carbocycles. The first-order chi connectivity index (χ1) is 14.7. The van der Waals surface area contributed by atoms with Crippen LogP contribution in [0.25, 0.3) is 10.9 Å². The Kier molecular flexibility index (Phi) is 5.34. The number of hydrogen-bond donors (Lipinski definition) is 2. The standard InChI is InChI=1S/C20H15ClFN5O3S/c1-27-17-10-12(21)9-16(22)15(17)11-18(27)19(28)25-13-3-5-14(6-4-13)31(29,30)26-20-23-7-2-8-24-20/h2-11H,1H3,(H,25,28)(H,23,24,26). The molecule has 158 valence electrons. The molecule has 2 N–H and O–H groups in total. The highest BCUT2D eigenvalue weighted by Gasteiger charge is 2.18. The van der Waals surface area contributed by atoms with E-state index in [1.807, 2.05) is 0 Å². The predicted molar refractivity (Wildman–Crippen MR) is 115 cm³/mol. The average molecular weight is 460 g/mol. The second-order valence-electron chi connectivity index (χ2n) is 6.57. The van der Waals surface area contributed by atoms with Gasteiger partial charge in [0, 0.05) is 35.5 Å². The van der Waals surface area contributed by atoms with Crippen LogP contribution in [0, 0.1) is 5.82 Å². The summed E-state index contributed by atoms with van der Waals surface area (Å²) in [5, 5.41) is 3.16. The van der Waals surface area contributed by atoms with E-state index in [4.69, 9.17) is 11.6 Å². The maximum absolute atomic E-state index is 14.1. The molecular formula is C20H15ClFN5O3S. The van der Waals surface area contributed by atoms with Crippen LogP contribution in [-0.2, 0) is 17.1 Å². The molecule has 0 aliphatic heterocycles. The summed E-state index contributed by atoms with van der Waals surface area (Å²) < 4.78 is 42.8. The Balaban J connectivity index is 1.54. The minimum Gasteiger partial charge on any atom is -0.339 e. The molecule has 0 fully saturated rings. The number of carbonyl (C=O) groups excluding carboxylic acids is 1. The van der Waals surface area contributed by atoms with Crippen LogP contribution in [0.3, 0.4) is 0 Å². The van der Waals surface area contributed by atoms with Crippen LogP contribution in [0.4, 0.5) is 16.0 Å². The summed E-state index contributed by atoms with van der Waals surface area (Å²) in [4.78, 5) is 20.3. The van der Waals surface area contributed by atoms with E-state index in [1.54, 1.807) is 19.2 Å². The summed E-state index contributed by atoms with van der Waals surface area (Å²) in [5.74, 6) is -1.06. The molecule has 11 heteroatoms. The summed E-state index contributed by atoms with van der Waals surface area (Å²) in [7, 11) is -2.26. The second-order valence-corrected chi connectivity index (χ2v) is 8.68. The van der Waals surface area contributed by atoms with Gasteiger partial charge >= 0.3 is 0 Å². The highest BCUT2D eigenvalue weighted by molar-refractivity contribution is 7.92. The molecule has 0 radical (unpaired) electrons. The molecule has 8 nitrogen and oxygen atoms in total. The molecule has 2 heterocycles. The molecule has 0 bridgehead atoms. The van der Waals surface area contributed by atoms with Crippen molar-refractivity contribution in [1.82, 2.24) is 14.5 Å². The van der Waals surface area contributed by atoms with Crippen molar-refractivity contribution in [3.63, 3.8) is 0 Å². The lowest BCUT2D eigenvalue weighted by Crippen LogP contribution is -2.16. The number of hydrogen-bond acceptors (Lipinski definition) is 5. The lowest BCUT2D eigenvalue weighted by atomic mass is 10.2. The third kappa shape index (κ3) is 4.21. The monoisotopic (exact) mass is 459 g/mol. The van der Waals surface area contributed by atoms with Crippen molar-refractivity contribution >= 4 is 50.1 Å². The minimum absolute atomic E-state index is 0.0285. The van der Waals surface area contributed by atoms with Gasteiger partial charge in [0.2, 0.25) is 5.95 Å². The number of nitrogens with one attached hydrogen (secondary N) is 2. The fraction of sp³-hybridized carbons (Fsp3) is 0.0500. The summed E-state index contributed by atoms with van der Waals surface area (Å²) in [6.07, 6.45) is 2.83. The fourth-order valence-electron chi connectivity index (χ4n) is 3.02. The van der Waals surface area contributed by atoms with Gasteiger partial charge in [0.05, 0.1) is 10.4 Å². The highest BCUT2D eigenvalue weighted by Crippen LogP contribution is 2.26. The van der Waals surface area contributed by atoms with E-state index >= 15 is 0 Å². The Hall–Kier alpha value is -3.50. The smallest absolute Gasteiger partial charge is 0.272 e. The third-order valence-electron chi connectivity index (χ3n) is 4.52. The first-order valence-electron chi connectivity index (χ1n) is 8.90. The van der Waals surface area contributed by atoms with Crippen LogP contribution >= 0.6 is 11.6 Å². The lowest BCUT2D eigenvalue weighted by Gasteiger charge is -2.09. The molecule has 0 spiro atoms. The molecule has 0 atom stereocenters. The third-order valence-corrected chi connectivity index (χ3v) is 6.09. The Morgan fingerprint density at radius 2 is 1.77 bits per heavy atom. The van der Waals surface area contributed by atoms with Gasteiger partial charge < -0.3 is 9.88 Å². The van der Waals surface area contributed by atoms with E-state index in [2.05, 4.69) is 20.0 Å². The van der Waals surface area contributed by atoms with Crippen LogP contribution in [-0.4, -0.2) is 28.9 Å². The van der Waals surface area contributed by atoms with Crippen molar-refractivity contribution in [2.45, 2.75) is 4.90 Å². The van der Waals surface area contributed by atoms with Crippen LogP contribution in [0.1, 0.15) is 10.5 Å². The summed E-state index contributed by atoms with van der Waals surface area (Å²) in [5.41, 5.74) is 1.06. The molecular weight excluding hydrogens is 445 g/mol. The molecule has 2 aromatic heterocycles. The first-order valence-corrected chi connectivity index (χ1v) is 10.8. The van der Waals surface area contributed by atoms with Crippen molar-refractivity contribution in [3.8, 4) is 0 Å². The van der Waals surface area contributed by atoms with Gasteiger partial charge in [0.15, 0.2) is 0 Å². The molecule has 0 aliphatic rings. The molecule has 0 aliphatic carbocycles. The molecule has 1 amide bonds. The van der Waals surface area contributed by atoms with Gasteiger partial charge in [-0.1, -0.05) is 11.6 Å². The van der Waals surface area contributed by atoms with Crippen LogP contribution < -0.4 is 10.0 Å². The molecule has 4 aromatic rings. The SMILES string of the molecule is Cn1c(C(=O)Nc2ccc(S(=O)(=O)Nc3ncccn3)cc2)cc2c(F)cc(Cl)cc21. The number of aryl methyl sites for hydroxylation is 1. The van der Waals surface area contributed by atoms with Crippen LogP contribution in [0.2, 0.25) is 5.02 Å². The Morgan fingerprint density at radius 1 is 1.10 bits per heavy atom. The largest absolute Gasteiger partial charge is 0.339 e. The van der Waals surface area contributed by atoms with E-state index in [1.165, 1.54) is 53.4 Å². The van der Waals surface area contributed by atoms with Gasteiger partial charge in [0.1, 0.15) is 11.5 Å². The van der Waals surface area contributed by atoms with Gasteiger partial charge in [-0.3, -0.25) is 4.79 Å². The number of fused-ring (bicyclic) bond motifs is 1. The summed E-state index contributed by atoms with van der Waals surface area (Å²) in [6, 6.07) is 11.3. The highest BCUT2D eigenvalue weighted by atomic mass is 35.5. The lowest BCUT2D eigenvalue weighted by molar-refractivity contribution is 0.101. The number of benzene rings is 2. The summed E-state index contributed by atoms with van der Waals surface area (Å²) >= 11 is 5.90. The van der Waals surface area contributed by atoms with E-state index in [-0.39, 0.29) is 26.9 Å². The average Bonchev–Trinajstić information content (AvgIpc) is 3.06. The maximum Gasteiger partial charge on any atom is 0.272 e. The van der Waals surface area contributed by atoms with Crippen molar-refractivity contribution in [2.24, 2.45) is 7.05 Å². The van der Waals surface area contributed by atoms with E-state index in [0.717, 1.165) is 0 Å². The number of rotatable bonds is 5. The van der Waals surface area contributed by atoms with E-state index in [0.29, 0.717) is 11.2 Å². The van der Waals surface area contributed by atoms with Gasteiger partial charge in [-0.05, 0) is 48.5 Å². The zero-order valence-electron chi connectivity index (χ0n) is 16.0. The van der Waals surface area contributed by atoms with Crippen molar-refractivity contribution in [2.75, 3.05) is 10.0 Å². The van der Waals surface area contributed by atoms with Crippen LogP contribution in [0.15, 0.2) is 65.8 Å². The van der Waals surface area contributed by atoms with Gasteiger partial charge in [-0.15, -0.1) is 0 Å². The van der Waals surface area contributed by atoms with Crippen molar-refractivity contribution < 1.29 is 17.6 Å². The van der Waals surface area contributed by atoms with E-state index < -0.39 is 21.7 Å². The molecule has 0 unspecified atom stereocenters. The van der Waals surface area contributed by atoms with Crippen molar-refractivity contribution in [3.05, 3.63) is 77.5 Å². The zero-order valence-corrected chi connectivity index (χ0v) is 17.6. The number of halogens is 2. The molecule has 4 rings (SSSR count). The first kappa shape index (κ1) is 20.8. The normalized spacial score (nSPS) is 11.5. The number of carbonyl (C=O) groups is 1. The maximum atomic E-state index is 14.1. The summed E-state index contributed by atoms with van der Waals surface area (Å²) in [6.45, 7) is 0. The Labute approximate surface area is 181 Å². The number of amides is 1. The Bertz CT molecular complexity index is 1390. The number of aromatic nitrogens is 3.